The van der Waals surface area contributed by atoms with Gasteiger partial charge in [0, 0.05) is 6.54 Å². The molecule has 2 atom stereocenters. The second-order valence-corrected chi connectivity index (χ2v) is 4.09. The van der Waals surface area contributed by atoms with Crippen molar-refractivity contribution in [1.29, 1.82) is 0 Å². The maximum atomic E-state index is 12.1. The zero-order chi connectivity index (χ0) is 14.4. The van der Waals surface area contributed by atoms with Crippen LogP contribution in [0.3, 0.4) is 0 Å². The summed E-state index contributed by atoms with van der Waals surface area (Å²) in [5.41, 5.74) is 5.52. The Morgan fingerprint density at radius 2 is 2.21 bits per heavy atom. The zero-order valence-electron chi connectivity index (χ0n) is 10.7. The Bertz CT molecular complexity index is 359. The molecule has 1 fully saturated rings. The largest absolute Gasteiger partial charge is 0.481 e. The predicted octanol–water partition coefficient (Wildman–Crippen LogP) is -1.42. The average Bonchev–Trinajstić information content (AvgIpc) is 2.37. The molecule has 108 valence electrons. The minimum Gasteiger partial charge on any atom is -0.481 e. The van der Waals surface area contributed by atoms with Gasteiger partial charge in [-0.05, 0) is 6.92 Å². The highest BCUT2D eigenvalue weighted by Gasteiger charge is 2.35. The van der Waals surface area contributed by atoms with Crippen molar-refractivity contribution < 1.29 is 29.0 Å². The number of carboxylic acid groups (broad SMARTS) is 1. The molecular formula is C11H18N2O6. The number of esters is 1. The van der Waals surface area contributed by atoms with E-state index in [0.29, 0.717) is 0 Å². The van der Waals surface area contributed by atoms with Crippen LogP contribution in [-0.2, 0) is 23.9 Å². The highest BCUT2D eigenvalue weighted by molar-refractivity contribution is 6.01. The summed E-state index contributed by atoms with van der Waals surface area (Å²) < 4.78 is 9.81. The van der Waals surface area contributed by atoms with E-state index in [9.17, 15) is 14.4 Å². The molecule has 0 aromatic rings. The van der Waals surface area contributed by atoms with Gasteiger partial charge in [0.05, 0.1) is 32.3 Å². The van der Waals surface area contributed by atoms with Crippen LogP contribution in [0.4, 0.5) is 0 Å². The first-order valence-corrected chi connectivity index (χ1v) is 5.99. The minimum atomic E-state index is -1.42. The number of carboxylic acids is 1. The molecule has 0 aromatic heterocycles. The fraction of sp³-hybridized carbons (Fsp3) is 0.727. The maximum absolute atomic E-state index is 12.1. The lowest BCUT2D eigenvalue weighted by molar-refractivity contribution is -0.155. The summed E-state index contributed by atoms with van der Waals surface area (Å²) in [5, 5.41) is 8.78. The van der Waals surface area contributed by atoms with Crippen LogP contribution in [0.5, 0.6) is 0 Å². The number of hydrogen-bond acceptors (Lipinski definition) is 6. The number of morpholine rings is 1. The molecule has 0 aromatic carbocycles. The van der Waals surface area contributed by atoms with E-state index in [0.717, 1.165) is 0 Å². The second-order valence-electron chi connectivity index (χ2n) is 4.09. The summed E-state index contributed by atoms with van der Waals surface area (Å²) in [4.78, 5) is 35.5. The number of rotatable bonds is 5. The first-order chi connectivity index (χ1) is 8.97. The normalized spacial score (nSPS) is 20.7. The number of amides is 1. The van der Waals surface area contributed by atoms with Crippen molar-refractivity contribution in [3.8, 4) is 0 Å². The molecule has 8 nitrogen and oxygen atoms in total. The van der Waals surface area contributed by atoms with E-state index in [2.05, 4.69) is 4.74 Å². The molecule has 1 amide bonds. The molecule has 1 saturated heterocycles. The molecule has 3 N–H and O–H groups in total. The lowest BCUT2D eigenvalue weighted by Crippen LogP contribution is -2.56. The van der Waals surface area contributed by atoms with Crippen molar-refractivity contribution in [2.24, 2.45) is 5.73 Å². The topological polar surface area (TPSA) is 119 Å². The summed E-state index contributed by atoms with van der Waals surface area (Å²) in [6, 6.07) is -2.03. The molecule has 1 aliphatic heterocycles. The summed E-state index contributed by atoms with van der Waals surface area (Å²) >= 11 is 0. The van der Waals surface area contributed by atoms with E-state index in [1.165, 1.54) is 4.90 Å². The van der Waals surface area contributed by atoms with Gasteiger partial charge in [-0.25, -0.2) is 4.79 Å². The van der Waals surface area contributed by atoms with E-state index >= 15 is 0 Å². The van der Waals surface area contributed by atoms with E-state index in [-0.39, 0.29) is 32.8 Å². The van der Waals surface area contributed by atoms with Gasteiger partial charge in [0.25, 0.3) is 5.91 Å². The first-order valence-electron chi connectivity index (χ1n) is 5.99. The van der Waals surface area contributed by atoms with Crippen molar-refractivity contribution >= 4 is 17.8 Å². The molecule has 0 bridgehead atoms. The van der Waals surface area contributed by atoms with Crippen LogP contribution in [0.25, 0.3) is 0 Å². The molecule has 0 radical (unpaired) electrons. The molecule has 2 unspecified atom stereocenters. The van der Waals surface area contributed by atoms with E-state index < -0.39 is 29.9 Å². The number of hydrogen-bond donors (Lipinski definition) is 2. The summed E-state index contributed by atoms with van der Waals surface area (Å²) in [6.45, 7) is 2.35. The van der Waals surface area contributed by atoms with Crippen molar-refractivity contribution in [2.75, 3.05) is 26.4 Å². The third kappa shape index (κ3) is 4.18. The van der Waals surface area contributed by atoms with Crippen LogP contribution < -0.4 is 5.73 Å². The number of carbonyl (C=O) groups is 3. The Hall–Kier alpha value is -1.67. The van der Waals surface area contributed by atoms with E-state index in [4.69, 9.17) is 15.6 Å². The van der Waals surface area contributed by atoms with Gasteiger partial charge in [-0.3, -0.25) is 9.59 Å². The van der Waals surface area contributed by atoms with E-state index in [1.54, 1.807) is 6.92 Å². The monoisotopic (exact) mass is 274 g/mol. The lowest BCUT2D eigenvalue weighted by atomic mass is 10.1. The van der Waals surface area contributed by atoms with Gasteiger partial charge >= 0.3 is 11.9 Å². The first kappa shape index (κ1) is 15.4. The highest BCUT2D eigenvalue weighted by Crippen LogP contribution is 2.12. The molecule has 0 aliphatic carbocycles. The van der Waals surface area contributed by atoms with E-state index in [1.807, 2.05) is 0 Å². The summed E-state index contributed by atoms with van der Waals surface area (Å²) in [5.74, 6) is -2.49. The zero-order valence-corrected chi connectivity index (χ0v) is 10.7. The van der Waals surface area contributed by atoms with Gasteiger partial charge in [0.1, 0.15) is 0 Å². The Morgan fingerprint density at radius 3 is 2.79 bits per heavy atom. The molecular weight excluding hydrogens is 256 g/mol. The van der Waals surface area contributed by atoms with Crippen LogP contribution >= 0.6 is 0 Å². The van der Waals surface area contributed by atoms with Crippen LogP contribution in [0, 0.1) is 0 Å². The average molecular weight is 274 g/mol. The van der Waals surface area contributed by atoms with Gasteiger partial charge in [0.15, 0.2) is 6.04 Å². The third-order valence-corrected chi connectivity index (χ3v) is 2.73. The molecule has 0 saturated carbocycles. The Labute approximate surface area is 110 Å². The quantitative estimate of drug-likeness (QED) is 0.466. The smallest absolute Gasteiger partial charge is 0.332 e. The summed E-state index contributed by atoms with van der Waals surface area (Å²) in [7, 11) is 0. The van der Waals surface area contributed by atoms with Gasteiger partial charge in [0.2, 0.25) is 0 Å². The second kappa shape index (κ2) is 7.05. The van der Waals surface area contributed by atoms with Gasteiger partial charge in [-0.15, -0.1) is 0 Å². The lowest BCUT2D eigenvalue weighted by Gasteiger charge is -2.35. The molecule has 1 rings (SSSR count). The Balaban J connectivity index is 2.70. The van der Waals surface area contributed by atoms with Crippen molar-refractivity contribution in [3.05, 3.63) is 0 Å². The van der Waals surface area contributed by atoms with Crippen molar-refractivity contribution in [2.45, 2.75) is 25.4 Å². The fourth-order valence-electron chi connectivity index (χ4n) is 1.83. The molecule has 19 heavy (non-hydrogen) atoms. The van der Waals surface area contributed by atoms with Gasteiger partial charge < -0.3 is 25.2 Å². The fourth-order valence-corrected chi connectivity index (χ4v) is 1.83. The number of carbonyl (C=O) groups excluding carboxylic acids is 2. The van der Waals surface area contributed by atoms with Crippen molar-refractivity contribution in [1.82, 2.24) is 4.90 Å². The molecule has 1 aliphatic rings. The molecule has 0 spiro atoms. The van der Waals surface area contributed by atoms with Crippen LogP contribution in [0.1, 0.15) is 13.3 Å². The SMILES string of the molecule is CCOC(=O)C(N)C(=O)N1CCOCC1CC(=O)O. The van der Waals surface area contributed by atoms with Crippen LogP contribution in [-0.4, -0.2) is 66.3 Å². The number of aliphatic carboxylic acids is 1. The minimum absolute atomic E-state index is 0.119. The Morgan fingerprint density at radius 1 is 1.53 bits per heavy atom. The Kier molecular flexibility index (Phi) is 5.71. The highest BCUT2D eigenvalue weighted by atomic mass is 16.5. The predicted molar refractivity (Wildman–Crippen MR) is 63.2 cm³/mol. The third-order valence-electron chi connectivity index (χ3n) is 2.73. The van der Waals surface area contributed by atoms with Gasteiger partial charge in [-0.1, -0.05) is 0 Å². The number of ether oxygens (including phenoxy) is 2. The van der Waals surface area contributed by atoms with Gasteiger partial charge in [-0.2, -0.15) is 0 Å². The number of nitrogens with two attached hydrogens (primary N) is 1. The standard InChI is InChI=1S/C11H18N2O6/c1-2-19-11(17)9(12)10(16)13-3-4-18-6-7(13)5-8(14)15/h7,9H,2-6,12H2,1H3,(H,14,15). The maximum Gasteiger partial charge on any atom is 0.332 e. The van der Waals surface area contributed by atoms with Crippen LogP contribution in [0.2, 0.25) is 0 Å². The summed E-state index contributed by atoms with van der Waals surface area (Å²) in [6.07, 6.45) is -0.249. The molecule has 1 heterocycles. The van der Waals surface area contributed by atoms with Crippen LogP contribution in [0.15, 0.2) is 0 Å². The number of nitrogens with zero attached hydrogens (tertiary/aromatic N) is 1. The molecule has 8 heteroatoms. The van der Waals surface area contributed by atoms with Crippen molar-refractivity contribution in [3.63, 3.8) is 0 Å².